The molecule has 5 heteroatoms. The van der Waals surface area contributed by atoms with Crippen LogP contribution < -0.4 is 10.0 Å². The van der Waals surface area contributed by atoms with Gasteiger partial charge in [-0.1, -0.05) is 0 Å². The predicted molar refractivity (Wildman–Crippen MR) is 91.8 cm³/mol. The molecule has 0 heterocycles. The van der Waals surface area contributed by atoms with Gasteiger partial charge in [-0.05, 0) is 37.7 Å². The summed E-state index contributed by atoms with van der Waals surface area (Å²) in [6.07, 6.45) is 1.01. The van der Waals surface area contributed by atoms with Crippen molar-refractivity contribution in [3.05, 3.63) is 18.2 Å². The second-order valence-electron chi connectivity index (χ2n) is 6.58. The zero-order valence-electron chi connectivity index (χ0n) is 13.6. The molecule has 0 fully saturated rings. The number of phenols is 1. The maximum atomic E-state index is 9.66. The standard InChI is InChI=1S/C15H27O3PSi/c1-17-20(5,6)11-7-10-18-14-9-8-13(16)12-15(14)19(2,3)4/h8-9,12H,7,10-11H2,1-6H3/p+1. The minimum atomic E-state index is -1.49. The van der Waals surface area contributed by atoms with Crippen molar-refractivity contribution in [2.24, 2.45) is 0 Å². The van der Waals surface area contributed by atoms with Crippen molar-refractivity contribution < 1.29 is 14.3 Å². The quantitative estimate of drug-likeness (QED) is 0.475. The molecule has 1 aromatic carbocycles. The van der Waals surface area contributed by atoms with Crippen LogP contribution in [0.4, 0.5) is 0 Å². The minimum Gasteiger partial charge on any atom is -0.508 e. The predicted octanol–water partition coefficient (Wildman–Crippen LogP) is 3.54. The molecule has 1 N–H and O–H groups in total. The van der Waals surface area contributed by atoms with Crippen LogP contribution >= 0.6 is 7.26 Å². The third kappa shape index (κ3) is 5.43. The van der Waals surface area contributed by atoms with E-state index >= 15 is 0 Å². The number of hydrogen-bond donors (Lipinski definition) is 1. The van der Waals surface area contributed by atoms with Gasteiger partial charge in [0.1, 0.15) is 11.1 Å². The van der Waals surface area contributed by atoms with Crippen molar-refractivity contribution in [2.75, 3.05) is 33.7 Å². The van der Waals surface area contributed by atoms with E-state index in [1.807, 2.05) is 12.1 Å². The van der Waals surface area contributed by atoms with E-state index in [-0.39, 0.29) is 0 Å². The Morgan fingerprint density at radius 3 is 2.40 bits per heavy atom. The van der Waals surface area contributed by atoms with Crippen LogP contribution in [0.5, 0.6) is 11.5 Å². The largest absolute Gasteiger partial charge is 0.508 e. The molecule has 1 rings (SSSR count). The van der Waals surface area contributed by atoms with Crippen molar-refractivity contribution in [1.82, 2.24) is 0 Å². The molecule has 0 aromatic heterocycles. The molecule has 3 nitrogen and oxygen atoms in total. The Balaban J connectivity index is 2.65. The van der Waals surface area contributed by atoms with Crippen LogP contribution in [-0.2, 0) is 4.43 Å². The van der Waals surface area contributed by atoms with Crippen molar-refractivity contribution in [1.29, 1.82) is 0 Å². The summed E-state index contributed by atoms with van der Waals surface area (Å²) in [4.78, 5) is 0. The third-order valence-corrected chi connectivity index (χ3v) is 7.86. The second kappa shape index (κ2) is 6.93. The molecule has 0 aliphatic heterocycles. The van der Waals surface area contributed by atoms with E-state index in [4.69, 9.17) is 9.16 Å². The highest BCUT2D eigenvalue weighted by Gasteiger charge is 2.27. The molecule has 20 heavy (non-hydrogen) atoms. The van der Waals surface area contributed by atoms with E-state index in [0.717, 1.165) is 23.5 Å². The molecule has 114 valence electrons. The average molecular weight is 315 g/mol. The summed E-state index contributed by atoms with van der Waals surface area (Å²) in [5.74, 6) is 1.23. The first kappa shape index (κ1) is 17.5. The molecule has 0 aliphatic rings. The van der Waals surface area contributed by atoms with E-state index in [1.165, 1.54) is 0 Å². The molecular weight excluding hydrogens is 287 g/mol. The van der Waals surface area contributed by atoms with E-state index in [2.05, 4.69) is 33.1 Å². The zero-order chi connectivity index (χ0) is 15.4. The second-order valence-corrected chi connectivity index (χ2v) is 15.5. The number of ether oxygens (including phenoxy) is 1. The van der Waals surface area contributed by atoms with Crippen LogP contribution in [0.25, 0.3) is 0 Å². The van der Waals surface area contributed by atoms with Gasteiger partial charge in [-0.15, -0.1) is 0 Å². The minimum absolute atomic E-state index is 0.315. The fourth-order valence-electron chi connectivity index (χ4n) is 1.93. The number of benzene rings is 1. The van der Waals surface area contributed by atoms with Crippen molar-refractivity contribution in [3.8, 4) is 11.5 Å². The maximum Gasteiger partial charge on any atom is 0.186 e. The SMILES string of the molecule is CO[Si](C)(C)CCCOc1ccc(O)cc1[P+](C)(C)C. The van der Waals surface area contributed by atoms with Crippen LogP contribution in [0.1, 0.15) is 6.42 Å². The third-order valence-electron chi connectivity index (χ3n) is 3.40. The molecule has 0 saturated heterocycles. The van der Waals surface area contributed by atoms with E-state index in [9.17, 15) is 5.11 Å². The number of aromatic hydroxyl groups is 1. The fraction of sp³-hybridized carbons (Fsp3) is 0.600. The average Bonchev–Trinajstić information content (AvgIpc) is 2.35. The van der Waals surface area contributed by atoms with Crippen LogP contribution in [0.15, 0.2) is 18.2 Å². The summed E-state index contributed by atoms with van der Waals surface area (Å²) in [6, 6.07) is 6.52. The van der Waals surface area contributed by atoms with Gasteiger partial charge in [-0.25, -0.2) is 0 Å². The first-order chi connectivity index (χ1) is 9.15. The molecule has 0 atom stereocenters. The highest BCUT2D eigenvalue weighted by Crippen LogP contribution is 2.48. The van der Waals surface area contributed by atoms with Gasteiger partial charge in [0, 0.05) is 20.4 Å². The van der Waals surface area contributed by atoms with Gasteiger partial charge in [0.05, 0.1) is 26.6 Å². The summed E-state index contributed by atoms with van der Waals surface area (Å²) in [6.45, 7) is 11.8. The van der Waals surface area contributed by atoms with Crippen molar-refractivity contribution >= 4 is 20.9 Å². The highest BCUT2D eigenvalue weighted by atomic mass is 31.2. The number of hydrogen-bond acceptors (Lipinski definition) is 3. The van der Waals surface area contributed by atoms with Crippen LogP contribution in [0.3, 0.4) is 0 Å². The van der Waals surface area contributed by atoms with Gasteiger partial charge < -0.3 is 14.3 Å². The van der Waals surface area contributed by atoms with Gasteiger partial charge >= 0.3 is 0 Å². The smallest absolute Gasteiger partial charge is 0.186 e. The Labute approximate surface area is 124 Å². The summed E-state index contributed by atoms with van der Waals surface area (Å²) in [7, 11) is -0.907. The maximum absolute atomic E-state index is 9.66. The summed E-state index contributed by atoms with van der Waals surface area (Å²) >= 11 is 0. The summed E-state index contributed by atoms with van der Waals surface area (Å²) in [5, 5.41) is 10.8. The summed E-state index contributed by atoms with van der Waals surface area (Å²) < 4.78 is 11.5. The van der Waals surface area contributed by atoms with Gasteiger partial charge in [0.15, 0.2) is 14.1 Å². The molecule has 0 spiro atoms. The topological polar surface area (TPSA) is 38.7 Å². The van der Waals surface area contributed by atoms with Gasteiger partial charge in [-0.3, -0.25) is 0 Å². The molecule has 1 aromatic rings. The monoisotopic (exact) mass is 315 g/mol. The van der Waals surface area contributed by atoms with Gasteiger partial charge in [-0.2, -0.15) is 0 Å². The lowest BCUT2D eigenvalue weighted by Gasteiger charge is -2.20. The van der Waals surface area contributed by atoms with Crippen molar-refractivity contribution in [2.45, 2.75) is 25.6 Å². The molecule has 0 unspecified atom stereocenters. The Kier molecular flexibility index (Phi) is 6.05. The van der Waals surface area contributed by atoms with E-state index < -0.39 is 15.6 Å². The zero-order valence-corrected chi connectivity index (χ0v) is 15.5. The van der Waals surface area contributed by atoms with Gasteiger partial charge in [0.2, 0.25) is 0 Å². The van der Waals surface area contributed by atoms with Crippen molar-refractivity contribution in [3.63, 3.8) is 0 Å². The normalized spacial score (nSPS) is 12.5. The first-order valence-electron chi connectivity index (χ1n) is 6.99. The van der Waals surface area contributed by atoms with E-state index in [0.29, 0.717) is 12.4 Å². The Morgan fingerprint density at radius 1 is 1.20 bits per heavy atom. The highest BCUT2D eigenvalue weighted by molar-refractivity contribution is 7.81. The molecule has 0 amide bonds. The van der Waals surface area contributed by atoms with Crippen LogP contribution in [-0.4, -0.2) is 47.1 Å². The Hall–Kier alpha value is -0.573. The lowest BCUT2D eigenvalue weighted by atomic mass is 10.3. The first-order valence-corrected chi connectivity index (χ1v) is 13.2. The lowest BCUT2D eigenvalue weighted by molar-refractivity contribution is 0.313. The Bertz CT molecular complexity index is 441. The van der Waals surface area contributed by atoms with E-state index in [1.54, 1.807) is 13.2 Å². The van der Waals surface area contributed by atoms with Gasteiger partial charge in [0.25, 0.3) is 0 Å². The van der Waals surface area contributed by atoms with Crippen LogP contribution in [0, 0.1) is 0 Å². The number of phenolic OH excluding ortho intramolecular Hbond substituents is 1. The molecule has 0 saturated carbocycles. The number of rotatable bonds is 7. The molecule has 0 aliphatic carbocycles. The Morgan fingerprint density at radius 2 is 1.85 bits per heavy atom. The fourth-order valence-corrected chi connectivity index (χ4v) is 4.45. The lowest BCUT2D eigenvalue weighted by Crippen LogP contribution is -2.28. The molecule has 0 radical (unpaired) electrons. The summed E-state index contributed by atoms with van der Waals surface area (Å²) in [5.41, 5.74) is 0. The van der Waals surface area contributed by atoms with Crippen LogP contribution in [0.2, 0.25) is 19.1 Å². The molecular formula is C15H28O3PSi+. The molecule has 0 bridgehead atoms.